The van der Waals surface area contributed by atoms with Crippen LogP contribution >= 0.6 is 0 Å². The molecule has 0 aliphatic carbocycles. The Morgan fingerprint density at radius 1 is 0.619 bits per heavy atom. The van der Waals surface area contributed by atoms with Gasteiger partial charge in [0.15, 0.2) is 0 Å². The first-order chi connectivity index (χ1) is 9.77. The summed E-state index contributed by atoms with van der Waals surface area (Å²) in [6.07, 6.45) is 20.2. The summed E-state index contributed by atoms with van der Waals surface area (Å²) in [5.74, 6) is -0.653. The van der Waals surface area contributed by atoms with Gasteiger partial charge in [0.2, 0.25) is 0 Å². The predicted octanol–water partition coefficient (Wildman–Crippen LogP) is 6.33. The Labute approximate surface area is 161 Å². The van der Waals surface area contributed by atoms with E-state index in [0.29, 0.717) is 6.42 Å². The quantitative estimate of drug-likeness (QED) is 0.277. The summed E-state index contributed by atoms with van der Waals surface area (Å²) in [7, 11) is 0. The third-order valence-corrected chi connectivity index (χ3v) is 3.99. The maximum Gasteiger partial charge on any atom is 0.303 e. The van der Waals surface area contributed by atoms with Crippen molar-refractivity contribution in [1.29, 1.82) is 0 Å². The van der Waals surface area contributed by atoms with Crippen LogP contribution in [0.25, 0.3) is 0 Å². The largest absolute Gasteiger partial charge is 0.481 e. The van der Waals surface area contributed by atoms with E-state index in [4.69, 9.17) is 5.11 Å². The zero-order valence-electron chi connectivity index (χ0n) is 13.9. The van der Waals surface area contributed by atoms with E-state index < -0.39 is 5.97 Å². The molecule has 0 saturated heterocycles. The van der Waals surface area contributed by atoms with E-state index in [-0.39, 0.29) is 36.9 Å². The fourth-order valence-electron chi connectivity index (χ4n) is 2.65. The van der Waals surface area contributed by atoms with Crippen molar-refractivity contribution in [2.24, 2.45) is 0 Å². The van der Waals surface area contributed by atoms with E-state index in [0.717, 1.165) is 12.8 Å². The zero-order chi connectivity index (χ0) is 14.9. The molecule has 0 amide bonds. The molecule has 0 saturated carbocycles. The van der Waals surface area contributed by atoms with Crippen LogP contribution in [0.2, 0.25) is 0 Å². The zero-order valence-corrected chi connectivity index (χ0v) is 15.7. The van der Waals surface area contributed by atoms with Crippen LogP contribution in [0.1, 0.15) is 110 Å². The van der Waals surface area contributed by atoms with Crippen molar-refractivity contribution in [3.05, 3.63) is 0 Å². The van der Waals surface area contributed by atoms with Gasteiger partial charge in [-0.2, -0.15) is 0 Å². The Balaban J connectivity index is 0. The van der Waals surface area contributed by atoms with Gasteiger partial charge < -0.3 is 5.11 Å². The molecule has 0 aliphatic rings. The van der Waals surface area contributed by atoms with Gasteiger partial charge in [-0.15, -0.1) is 0 Å². The van der Waals surface area contributed by atoms with Crippen molar-refractivity contribution in [1.82, 2.24) is 0 Å². The molecule has 21 heavy (non-hydrogen) atoms. The van der Waals surface area contributed by atoms with Crippen molar-refractivity contribution < 1.29 is 46.8 Å². The van der Waals surface area contributed by atoms with Crippen LogP contribution in [0, 0.1) is 36.9 Å². The summed E-state index contributed by atoms with van der Waals surface area (Å²) >= 11 is 0. The monoisotopic (exact) mass is 453 g/mol. The van der Waals surface area contributed by atoms with Gasteiger partial charge in [0.1, 0.15) is 0 Å². The Bertz CT molecular complexity index is 207. The van der Waals surface area contributed by atoms with Crippen LogP contribution in [0.5, 0.6) is 0 Å². The summed E-state index contributed by atoms with van der Waals surface area (Å²) in [6.45, 7) is 2.27. The van der Waals surface area contributed by atoms with E-state index >= 15 is 0 Å². The number of carboxylic acids is 1. The van der Waals surface area contributed by atoms with Crippen molar-refractivity contribution in [2.75, 3.05) is 0 Å². The molecule has 0 bridgehead atoms. The Morgan fingerprint density at radius 2 is 0.905 bits per heavy atom. The summed E-state index contributed by atoms with van der Waals surface area (Å²) < 4.78 is 0. The van der Waals surface area contributed by atoms with Gasteiger partial charge in [0.05, 0.1) is 0 Å². The van der Waals surface area contributed by atoms with Gasteiger partial charge in [0, 0.05) is 43.3 Å². The Morgan fingerprint density at radius 3 is 1.19 bits per heavy atom. The maximum absolute atomic E-state index is 10.3. The number of hydrogen-bond donors (Lipinski definition) is 1. The minimum absolute atomic E-state index is 0. The second kappa shape index (κ2) is 20.7. The molecule has 0 fully saturated rings. The van der Waals surface area contributed by atoms with E-state index in [1.807, 2.05) is 0 Å². The number of aliphatic carboxylic acids is 1. The van der Waals surface area contributed by atoms with Crippen LogP contribution in [0.15, 0.2) is 0 Å². The molecule has 2 nitrogen and oxygen atoms in total. The second-order valence-corrected chi connectivity index (χ2v) is 6.09. The number of carboxylic acid groups (broad SMARTS) is 1. The molecule has 0 atom stereocenters. The molecule has 1 N–H and O–H groups in total. The van der Waals surface area contributed by atoms with Crippen LogP contribution in [-0.4, -0.2) is 11.1 Å². The van der Waals surface area contributed by atoms with Gasteiger partial charge in [-0.3, -0.25) is 4.79 Å². The fourth-order valence-corrected chi connectivity index (χ4v) is 2.65. The molecule has 133 valence electrons. The topological polar surface area (TPSA) is 37.3 Å². The van der Waals surface area contributed by atoms with E-state index in [9.17, 15) is 4.79 Å². The van der Waals surface area contributed by atoms with Gasteiger partial charge >= 0.3 is 5.97 Å². The molecule has 0 aliphatic heterocycles. The number of carbonyl (C=O) groups is 1. The van der Waals surface area contributed by atoms with Gasteiger partial charge in [-0.05, 0) is 6.42 Å². The third kappa shape index (κ3) is 23.1. The van der Waals surface area contributed by atoms with E-state index in [2.05, 4.69) is 6.92 Å². The van der Waals surface area contributed by atoms with Crippen LogP contribution < -0.4 is 0 Å². The molecular weight excluding hydrogens is 417 g/mol. The third-order valence-electron chi connectivity index (χ3n) is 3.99. The van der Waals surface area contributed by atoms with Gasteiger partial charge in [-0.25, -0.2) is 0 Å². The molecule has 0 rings (SSSR count). The minimum Gasteiger partial charge on any atom is -0.481 e. The minimum atomic E-state index is -0.653. The first-order valence-corrected chi connectivity index (χ1v) is 8.99. The van der Waals surface area contributed by atoms with Crippen LogP contribution in [0.3, 0.4) is 0 Å². The molecular formula is C18H36O2Tm. The Kier molecular flexibility index (Phi) is 23.6. The normalized spacial score (nSPS) is 10.3. The first kappa shape index (κ1) is 24.0. The van der Waals surface area contributed by atoms with E-state index in [1.54, 1.807) is 0 Å². The number of hydrogen-bond acceptors (Lipinski definition) is 1. The SMILES string of the molecule is CCCCCCCCCCCCCCCCCC(=O)O.[Tm]. The molecule has 0 unspecified atom stereocenters. The number of rotatable bonds is 16. The average Bonchev–Trinajstić information content (AvgIpc) is 2.43. The molecule has 0 aromatic heterocycles. The second-order valence-electron chi connectivity index (χ2n) is 6.09. The van der Waals surface area contributed by atoms with Crippen molar-refractivity contribution in [2.45, 2.75) is 110 Å². The predicted molar refractivity (Wildman–Crippen MR) is 87.2 cm³/mol. The van der Waals surface area contributed by atoms with Crippen LogP contribution in [-0.2, 0) is 4.79 Å². The fraction of sp³-hybridized carbons (Fsp3) is 0.944. The molecule has 0 spiro atoms. The maximum atomic E-state index is 10.3. The average molecular weight is 453 g/mol. The Hall–Kier alpha value is 0.704. The van der Waals surface area contributed by atoms with Crippen molar-refractivity contribution >= 4 is 5.97 Å². The summed E-state index contributed by atoms with van der Waals surface area (Å²) in [5, 5.41) is 8.52. The molecule has 0 heterocycles. The summed E-state index contributed by atoms with van der Waals surface area (Å²) in [4.78, 5) is 10.3. The first-order valence-electron chi connectivity index (χ1n) is 8.99. The van der Waals surface area contributed by atoms with Gasteiger partial charge in [0.25, 0.3) is 0 Å². The molecule has 1 radical (unpaired) electrons. The molecule has 0 aromatic rings. The summed E-state index contributed by atoms with van der Waals surface area (Å²) in [6, 6.07) is 0. The van der Waals surface area contributed by atoms with E-state index in [1.165, 1.54) is 83.5 Å². The van der Waals surface area contributed by atoms with Crippen molar-refractivity contribution in [3.8, 4) is 0 Å². The summed E-state index contributed by atoms with van der Waals surface area (Å²) in [5.41, 5.74) is 0. The molecule has 0 aromatic carbocycles. The smallest absolute Gasteiger partial charge is 0.303 e. The van der Waals surface area contributed by atoms with Crippen molar-refractivity contribution in [3.63, 3.8) is 0 Å². The van der Waals surface area contributed by atoms with Crippen LogP contribution in [0.4, 0.5) is 0 Å². The number of unbranched alkanes of at least 4 members (excludes halogenated alkanes) is 14. The standard InChI is InChI=1S/C18H36O2.Tm/c1-2-3-4-5-6-7-8-9-10-11-12-13-14-15-16-17-18(19)20;/h2-17H2,1H3,(H,19,20);. The molecule has 3 heteroatoms. The van der Waals surface area contributed by atoms with Gasteiger partial charge in [-0.1, -0.05) is 96.8 Å².